The minimum Gasteiger partial charge on any atom is -0.370 e. The number of nitrogens with zero attached hydrogens (tertiary/aromatic N) is 1. The molecule has 1 saturated heterocycles. The number of morpholine rings is 1. The fourth-order valence-corrected chi connectivity index (χ4v) is 2.63. The lowest BCUT2D eigenvalue weighted by Gasteiger charge is -2.28. The second kappa shape index (κ2) is 9.60. The van der Waals surface area contributed by atoms with Crippen LogP contribution in [0, 0.1) is 0 Å². The zero-order chi connectivity index (χ0) is 25.1. The molecule has 0 aliphatic carbocycles. The largest absolute Gasteiger partial charge is 0.418 e. The summed E-state index contributed by atoms with van der Waals surface area (Å²) in [4.78, 5) is 47.7. The van der Waals surface area contributed by atoms with Crippen molar-refractivity contribution in [3.8, 4) is 0 Å². The zero-order valence-corrected chi connectivity index (χ0v) is 16.2. The molecule has 4 N–H and O–H groups in total. The van der Waals surface area contributed by atoms with Gasteiger partial charge in [-0.3, -0.25) is 19.2 Å². The van der Waals surface area contributed by atoms with E-state index in [0.717, 1.165) is 16.3 Å². The third kappa shape index (κ3) is 5.88. The van der Waals surface area contributed by atoms with Crippen molar-refractivity contribution in [1.29, 1.82) is 0 Å². The number of benzene rings is 1. The number of nitrogens with two attached hydrogens (primary N) is 1. The van der Waals surface area contributed by atoms with Gasteiger partial charge in [-0.25, -0.2) is 8.78 Å². The lowest BCUT2D eigenvalue weighted by Crippen LogP contribution is -2.57. The summed E-state index contributed by atoms with van der Waals surface area (Å²) >= 11 is 0. The summed E-state index contributed by atoms with van der Waals surface area (Å²) in [5.74, 6) is -12.3. The molecule has 0 saturated carbocycles. The highest BCUT2D eigenvalue weighted by Crippen LogP contribution is 2.37. The molecule has 16 heteroatoms. The number of amides is 4. The van der Waals surface area contributed by atoms with Crippen LogP contribution in [-0.2, 0) is 30.1 Å². The van der Waals surface area contributed by atoms with Gasteiger partial charge in [0.05, 0.1) is 17.9 Å². The van der Waals surface area contributed by atoms with E-state index in [2.05, 4.69) is 0 Å². The van der Waals surface area contributed by atoms with Crippen LogP contribution in [0.2, 0.25) is 0 Å². The van der Waals surface area contributed by atoms with Crippen LogP contribution in [0.4, 0.5) is 42.1 Å². The molecule has 1 atom stereocenters. The molecule has 1 heterocycles. The Morgan fingerprint density at radius 3 is 2.27 bits per heavy atom. The first-order valence-electron chi connectivity index (χ1n) is 8.82. The van der Waals surface area contributed by atoms with E-state index in [9.17, 15) is 49.9 Å². The maximum absolute atomic E-state index is 13.5. The van der Waals surface area contributed by atoms with Crippen LogP contribution in [-0.4, -0.2) is 61.8 Å². The second-order valence-corrected chi connectivity index (χ2v) is 6.55. The van der Waals surface area contributed by atoms with Crippen LogP contribution in [0.1, 0.15) is 5.56 Å². The molecule has 1 aliphatic heterocycles. The van der Waals surface area contributed by atoms with E-state index < -0.39 is 59.4 Å². The standard InChI is InChI=1S/C17H15F7N4O5/c18-14(19)16(20,21)15(32)27-11(12(25)30)13(31)26-9-2-1-7(5-8(9)17(22,23)24)28-3-4-33-6-10(28)29/h1-2,5,11,14H,3-4,6H2,(H2,25,30)(H,26,31)(H,27,32)/t11-/m0/s1. The average Bonchev–Trinajstić information content (AvgIpc) is 2.71. The Morgan fingerprint density at radius 1 is 1.12 bits per heavy atom. The number of ether oxygens (including phenoxy) is 1. The number of anilines is 2. The maximum atomic E-state index is 13.5. The Labute approximate surface area is 180 Å². The Balaban J connectivity index is 2.33. The molecule has 0 radical (unpaired) electrons. The molecule has 2 rings (SSSR count). The SMILES string of the molecule is NC(=O)[C@H](NC(=O)C(F)(F)C(F)F)C(=O)Nc1ccc(N2CCOCC2=O)cc1C(F)(F)F. The Morgan fingerprint density at radius 2 is 1.76 bits per heavy atom. The quantitative estimate of drug-likeness (QED) is 0.388. The lowest BCUT2D eigenvalue weighted by molar-refractivity contribution is -0.171. The van der Waals surface area contributed by atoms with Crippen molar-refractivity contribution in [2.75, 3.05) is 30.0 Å². The van der Waals surface area contributed by atoms with Crippen LogP contribution < -0.4 is 21.3 Å². The molecule has 9 nitrogen and oxygen atoms in total. The van der Waals surface area contributed by atoms with Crippen LogP contribution in [0.25, 0.3) is 0 Å². The van der Waals surface area contributed by atoms with E-state index in [-0.39, 0.29) is 25.4 Å². The number of nitrogens with one attached hydrogen (secondary N) is 2. The number of alkyl halides is 7. The first-order chi connectivity index (χ1) is 15.2. The van der Waals surface area contributed by atoms with Gasteiger partial charge in [0, 0.05) is 12.2 Å². The molecule has 0 bridgehead atoms. The lowest BCUT2D eigenvalue weighted by atomic mass is 10.1. The normalized spacial score (nSPS) is 15.9. The zero-order valence-electron chi connectivity index (χ0n) is 16.2. The summed E-state index contributed by atoms with van der Waals surface area (Å²) in [5, 5.41) is 2.57. The fourth-order valence-electron chi connectivity index (χ4n) is 2.63. The van der Waals surface area contributed by atoms with Gasteiger partial charge in [0.2, 0.25) is 5.91 Å². The van der Waals surface area contributed by atoms with E-state index in [1.54, 1.807) is 5.32 Å². The van der Waals surface area contributed by atoms with Gasteiger partial charge < -0.3 is 26.0 Å². The van der Waals surface area contributed by atoms with Crippen LogP contribution >= 0.6 is 0 Å². The van der Waals surface area contributed by atoms with Crippen molar-refractivity contribution in [2.24, 2.45) is 5.73 Å². The van der Waals surface area contributed by atoms with E-state index in [1.807, 2.05) is 0 Å². The van der Waals surface area contributed by atoms with Crippen molar-refractivity contribution < 1.29 is 54.6 Å². The summed E-state index contributed by atoms with van der Waals surface area (Å²) in [6, 6.07) is -0.492. The number of rotatable bonds is 7. The molecule has 1 aromatic carbocycles. The van der Waals surface area contributed by atoms with Gasteiger partial charge in [0.1, 0.15) is 6.61 Å². The first-order valence-corrected chi connectivity index (χ1v) is 8.82. The molecule has 0 spiro atoms. The van der Waals surface area contributed by atoms with Crippen LogP contribution in [0.15, 0.2) is 18.2 Å². The van der Waals surface area contributed by atoms with Crippen molar-refractivity contribution in [2.45, 2.75) is 24.6 Å². The fraction of sp³-hybridized carbons (Fsp3) is 0.412. The van der Waals surface area contributed by atoms with Gasteiger partial charge in [-0.05, 0) is 18.2 Å². The summed E-state index contributed by atoms with van der Waals surface area (Å²) in [6.07, 6.45) is -9.61. The highest BCUT2D eigenvalue weighted by molar-refractivity contribution is 6.12. The van der Waals surface area contributed by atoms with E-state index in [1.165, 1.54) is 0 Å². The number of carbonyl (C=O) groups is 4. The van der Waals surface area contributed by atoms with Gasteiger partial charge in [0.15, 0.2) is 6.04 Å². The van der Waals surface area contributed by atoms with Crippen LogP contribution in [0.3, 0.4) is 0 Å². The van der Waals surface area contributed by atoms with Crippen molar-refractivity contribution in [1.82, 2.24) is 5.32 Å². The summed E-state index contributed by atoms with van der Waals surface area (Å²) < 4.78 is 96.2. The Hall–Kier alpha value is -3.43. The summed E-state index contributed by atoms with van der Waals surface area (Å²) in [5.41, 5.74) is 2.10. The summed E-state index contributed by atoms with van der Waals surface area (Å²) in [7, 11) is 0. The van der Waals surface area contributed by atoms with Gasteiger partial charge >= 0.3 is 18.5 Å². The van der Waals surface area contributed by atoms with Gasteiger partial charge in [-0.1, -0.05) is 0 Å². The van der Waals surface area contributed by atoms with E-state index in [0.29, 0.717) is 12.1 Å². The van der Waals surface area contributed by atoms with Gasteiger partial charge in [-0.15, -0.1) is 0 Å². The Kier molecular flexibility index (Phi) is 7.51. The highest BCUT2D eigenvalue weighted by atomic mass is 19.4. The molecule has 4 amide bonds. The molecular formula is C17H15F7N4O5. The molecule has 33 heavy (non-hydrogen) atoms. The maximum Gasteiger partial charge on any atom is 0.418 e. The second-order valence-electron chi connectivity index (χ2n) is 6.55. The number of carbonyl (C=O) groups excluding carboxylic acids is 4. The van der Waals surface area contributed by atoms with E-state index in [4.69, 9.17) is 10.5 Å². The predicted octanol–water partition coefficient (Wildman–Crippen LogP) is 0.878. The number of halogens is 7. The van der Waals surface area contributed by atoms with Crippen molar-refractivity contribution >= 4 is 35.0 Å². The number of hydrogen-bond donors (Lipinski definition) is 3. The molecule has 182 valence electrons. The van der Waals surface area contributed by atoms with Crippen molar-refractivity contribution in [3.05, 3.63) is 23.8 Å². The monoisotopic (exact) mass is 488 g/mol. The minimum atomic E-state index is -5.31. The third-order valence-electron chi connectivity index (χ3n) is 4.26. The molecule has 0 aromatic heterocycles. The van der Waals surface area contributed by atoms with Crippen LogP contribution in [0.5, 0.6) is 0 Å². The molecule has 1 fully saturated rings. The summed E-state index contributed by atoms with van der Waals surface area (Å²) in [6.45, 7) is -0.381. The minimum absolute atomic E-state index is 0.0504. The topological polar surface area (TPSA) is 131 Å². The van der Waals surface area contributed by atoms with Gasteiger partial charge in [-0.2, -0.15) is 22.0 Å². The van der Waals surface area contributed by atoms with E-state index >= 15 is 0 Å². The third-order valence-corrected chi connectivity index (χ3v) is 4.26. The molecule has 1 aromatic rings. The Bertz CT molecular complexity index is 954. The number of primary amides is 1. The molecule has 1 aliphatic rings. The highest BCUT2D eigenvalue weighted by Gasteiger charge is 2.50. The smallest absolute Gasteiger partial charge is 0.370 e. The first kappa shape index (κ1) is 25.8. The average molecular weight is 488 g/mol. The molecule has 0 unspecified atom stereocenters. The van der Waals surface area contributed by atoms with Crippen molar-refractivity contribution in [3.63, 3.8) is 0 Å². The predicted molar refractivity (Wildman–Crippen MR) is 95.3 cm³/mol. The van der Waals surface area contributed by atoms with Gasteiger partial charge in [0.25, 0.3) is 17.7 Å². The molecular weight excluding hydrogens is 473 g/mol. The number of hydrogen-bond acceptors (Lipinski definition) is 5.